The van der Waals surface area contributed by atoms with Crippen LogP contribution in [0.15, 0.2) is 29.1 Å². The molecule has 2 fully saturated rings. The topological polar surface area (TPSA) is 58.4 Å². The van der Waals surface area contributed by atoms with Crippen LogP contribution in [0.25, 0.3) is 10.8 Å². The van der Waals surface area contributed by atoms with E-state index in [-0.39, 0.29) is 17.9 Å². The van der Waals surface area contributed by atoms with Gasteiger partial charge in [-0.2, -0.15) is 5.10 Å². The van der Waals surface area contributed by atoms with Gasteiger partial charge in [-0.25, -0.2) is 4.68 Å². The van der Waals surface area contributed by atoms with Crippen LogP contribution in [-0.4, -0.2) is 57.7 Å². The van der Waals surface area contributed by atoms with E-state index < -0.39 is 0 Å². The number of carbonyl (C=O) groups is 1. The summed E-state index contributed by atoms with van der Waals surface area (Å²) in [6.07, 6.45) is 6.17. The molecule has 1 amide bonds. The van der Waals surface area contributed by atoms with Gasteiger partial charge in [0.05, 0.1) is 17.5 Å². The summed E-state index contributed by atoms with van der Waals surface area (Å²) in [7, 11) is 0. The molecule has 0 radical (unpaired) electrons. The minimum atomic E-state index is -0.0841. The van der Waals surface area contributed by atoms with Gasteiger partial charge in [0, 0.05) is 31.1 Å². The molecule has 0 bridgehead atoms. The van der Waals surface area contributed by atoms with Crippen molar-refractivity contribution in [2.75, 3.05) is 26.2 Å². The molecule has 2 aromatic rings. The number of piperidine rings is 1. The molecule has 0 spiro atoms. The Balaban J connectivity index is 1.58. The maximum atomic E-state index is 13.3. The zero-order chi connectivity index (χ0) is 19.5. The number of benzene rings is 1. The Hall–Kier alpha value is -2.21. The molecule has 6 heteroatoms. The van der Waals surface area contributed by atoms with Gasteiger partial charge in [0.25, 0.3) is 5.56 Å². The molecular formula is C22H30N4O2. The monoisotopic (exact) mass is 382 g/mol. The summed E-state index contributed by atoms with van der Waals surface area (Å²) in [6, 6.07) is 7.82. The van der Waals surface area contributed by atoms with E-state index in [0.29, 0.717) is 23.7 Å². The Labute approximate surface area is 166 Å². The van der Waals surface area contributed by atoms with E-state index in [9.17, 15) is 9.59 Å². The second kappa shape index (κ2) is 8.43. The highest BCUT2D eigenvalue weighted by Crippen LogP contribution is 2.22. The fourth-order valence-electron chi connectivity index (χ4n) is 4.68. The van der Waals surface area contributed by atoms with Gasteiger partial charge in [0.2, 0.25) is 5.91 Å². The molecule has 4 rings (SSSR count). The van der Waals surface area contributed by atoms with Crippen LogP contribution in [0.3, 0.4) is 0 Å². The van der Waals surface area contributed by atoms with Crippen molar-refractivity contribution in [3.05, 3.63) is 40.3 Å². The third kappa shape index (κ3) is 3.83. The molecule has 0 unspecified atom stereocenters. The second-order valence-electron chi connectivity index (χ2n) is 8.03. The Morgan fingerprint density at radius 2 is 1.79 bits per heavy atom. The number of nitrogens with zero attached hydrogens (tertiary/aromatic N) is 4. The largest absolute Gasteiger partial charge is 0.338 e. The number of hydrogen-bond acceptors (Lipinski definition) is 4. The van der Waals surface area contributed by atoms with Gasteiger partial charge in [-0.05, 0) is 58.2 Å². The molecular weight excluding hydrogens is 352 g/mol. The molecule has 2 aliphatic rings. The zero-order valence-electron chi connectivity index (χ0n) is 16.8. The SMILES string of the molecule is CCn1nc(CC(=O)N2CCCC[C@H]2CN2CCCC2)c2ccccc2c1=O. The lowest BCUT2D eigenvalue weighted by Crippen LogP contribution is -2.49. The van der Waals surface area contributed by atoms with E-state index in [2.05, 4.69) is 14.9 Å². The minimum Gasteiger partial charge on any atom is -0.338 e. The molecule has 0 saturated carbocycles. The van der Waals surface area contributed by atoms with E-state index >= 15 is 0 Å². The predicted molar refractivity (Wildman–Crippen MR) is 110 cm³/mol. The first-order valence-electron chi connectivity index (χ1n) is 10.7. The number of likely N-dealkylation sites (tertiary alicyclic amines) is 2. The second-order valence-corrected chi connectivity index (χ2v) is 8.03. The van der Waals surface area contributed by atoms with Crippen LogP contribution in [0.1, 0.15) is 44.7 Å². The van der Waals surface area contributed by atoms with Crippen molar-refractivity contribution in [2.24, 2.45) is 0 Å². The smallest absolute Gasteiger partial charge is 0.274 e. The number of rotatable bonds is 5. The Morgan fingerprint density at radius 3 is 2.54 bits per heavy atom. The highest BCUT2D eigenvalue weighted by atomic mass is 16.2. The van der Waals surface area contributed by atoms with Gasteiger partial charge >= 0.3 is 0 Å². The lowest BCUT2D eigenvalue weighted by molar-refractivity contribution is -0.134. The molecule has 150 valence electrons. The van der Waals surface area contributed by atoms with Crippen LogP contribution in [0.2, 0.25) is 0 Å². The van der Waals surface area contributed by atoms with Crippen molar-refractivity contribution in [3.63, 3.8) is 0 Å². The predicted octanol–water partition coefficient (Wildman–Crippen LogP) is 2.44. The van der Waals surface area contributed by atoms with E-state index in [1.54, 1.807) is 0 Å². The summed E-state index contributed by atoms with van der Waals surface area (Å²) in [5.41, 5.74) is 0.631. The summed E-state index contributed by atoms with van der Waals surface area (Å²) < 4.78 is 1.48. The van der Waals surface area contributed by atoms with Gasteiger partial charge in [0.15, 0.2) is 0 Å². The third-order valence-corrected chi connectivity index (χ3v) is 6.18. The number of fused-ring (bicyclic) bond motifs is 1. The molecule has 1 aromatic carbocycles. The maximum Gasteiger partial charge on any atom is 0.274 e. The van der Waals surface area contributed by atoms with Gasteiger partial charge < -0.3 is 9.80 Å². The van der Waals surface area contributed by atoms with Crippen LogP contribution >= 0.6 is 0 Å². The minimum absolute atomic E-state index is 0.0841. The molecule has 0 N–H and O–H groups in total. The molecule has 0 aliphatic carbocycles. The van der Waals surface area contributed by atoms with E-state index in [0.717, 1.165) is 44.4 Å². The van der Waals surface area contributed by atoms with Gasteiger partial charge in [-0.15, -0.1) is 0 Å². The standard InChI is InChI=1S/C22H30N4O2/c1-2-26-22(28)19-11-4-3-10-18(19)20(23-26)15-21(27)25-14-6-5-9-17(25)16-24-12-7-8-13-24/h3-4,10-11,17H,2,5-9,12-16H2,1H3/t17-/m0/s1. The van der Waals surface area contributed by atoms with E-state index in [1.807, 2.05) is 31.2 Å². The van der Waals surface area contributed by atoms with Crippen molar-refractivity contribution < 1.29 is 4.79 Å². The van der Waals surface area contributed by atoms with Gasteiger partial charge in [-0.1, -0.05) is 18.2 Å². The van der Waals surface area contributed by atoms with Gasteiger partial charge in [-0.3, -0.25) is 9.59 Å². The molecule has 2 saturated heterocycles. The number of hydrogen-bond donors (Lipinski definition) is 0. The van der Waals surface area contributed by atoms with Crippen molar-refractivity contribution in [1.82, 2.24) is 19.6 Å². The third-order valence-electron chi connectivity index (χ3n) is 6.18. The Kier molecular flexibility index (Phi) is 5.76. The van der Waals surface area contributed by atoms with Crippen LogP contribution in [-0.2, 0) is 17.8 Å². The molecule has 2 aliphatic heterocycles. The lowest BCUT2D eigenvalue weighted by Gasteiger charge is -2.38. The summed E-state index contributed by atoms with van der Waals surface area (Å²) in [6.45, 7) is 6.56. The zero-order valence-corrected chi connectivity index (χ0v) is 16.8. The molecule has 6 nitrogen and oxygen atoms in total. The van der Waals surface area contributed by atoms with Crippen LogP contribution in [0.5, 0.6) is 0 Å². The fraction of sp³-hybridized carbons (Fsp3) is 0.591. The highest BCUT2D eigenvalue weighted by molar-refractivity contribution is 5.88. The number of carbonyl (C=O) groups excluding carboxylic acids is 1. The van der Waals surface area contributed by atoms with Crippen molar-refractivity contribution in [1.29, 1.82) is 0 Å². The average molecular weight is 383 g/mol. The molecule has 1 aromatic heterocycles. The van der Waals surface area contributed by atoms with Crippen LogP contribution < -0.4 is 5.56 Å². The molecule has 3 heterocycles. The van der Waals surface area contributed by atoms with Crippen molar-refractivity contribution in [2.45, 2.75) is 58.0 Å². The molecule has 1 atom stereocenters. The normalized spacial score (nSPS) is 20.8. The number of amides is 1. The summed E-state index contributed by atoms with van der Waals surface area (Å²) in [5, 5.41) is 5.98. The lowest BCUT2D eigenvalue weighted by atomic mass is 10.00. The number of aryl methyl sites for hydroxylation is 1. The van der Waals surface area contributed by atoms with Crippen molar-refractivity contribution in [3.8, 4) is 0 Å². The van der Waals surface area contributed by atoms with Crippen molar-refractivity contribution >= 4 is 16.7 Å². The Morgan fingerprint density at radius 1 is 1.07 bits per heavy atom. The highest BCUT2D eigenvalue weighted by Gasteiger charge is 2.29. The molecule has 28 heavy (non-hydrogen) atoms. The first-order valence-corrected chi connectivity index (χ1v) is 10.7. The fourth-order valence-corrected chi connectivity index (χ4v) is 4.68. The quantitative estimate of drug-likeness (QED) is 0.797. The first-order chi connectivity index (χ1) is 13.7. The number of aromatic nitrogens is 2. The van der Waals surface area contributed by atoms with Crippen LogP contribution in [0, 0.1) is 0 Å². The van der Waals surface area contributed by atoms with E-state index in [4.69, 9.17) is 0 Å². The Bertz CT molecular complexity index is 901. The van der Waals surface area contributed by atoms with E-state index in [1.165, 1.54) is 23.9 Å². The summed E-state index contributed by atoms with van der Waals surface area (Å²) >= 11 is 0. The maximum absolute atomic E-state index is 13.3. The summed E-state index contributed by atoms with van der Waals surface area (Å²) in [4.78, 5) is 30.4. The summed E-state index contributed by atoms with van der Waals surface area (Å²) in [5.74, 6) is 0.142. The average Bonchev–Trinajstić information content (AvgIpc) is 3.23. The van der Waals surface area contributed by atoms with Crippen LogP contribution in [0.4, 0.5) is 0 Å². The van der Waals surface area contributed by atoms with Gasteiger partial charge in [0.1, 0.15) is 0 Å². The first kappa shape index (κ1) is 19.1.